The number of hydrogen-bond donors (Lipinski definition) is 2. The van der Waals surface area contributed by atoms with Gasteiger partial charge in [0, 0.05) is 32.7 Å². The SMILES string of the molecule is O=[C]NCCCN1CCNCC1. The predicted octanol–water partition coefficient (Wildman–Crippen LogP) is -1.06. The van der Waals surface area contributed by atoms with Crippen LogP contribution in [0.3, 0.4) is 0 Å². The number of rotatable bonds is 5. The van der Waals surface area contributed by atoms with Crippen molar-refractivity contribution in [2.45, 2.75) is 6.42 Å². The van der Waals surface area contributed by atoms with Crippen LogP contribution in [0.2, 0.25) is 0 Å². The molecule has 1 heterocycles. The smallest absolute Gasteiger partial charge is 0.309 e. The predicted molar refractivity (Wildman–Crippen MR) is 47.6 cm³/mol. The summed E-state index contributed by atoms with van der Waals surface area (Å²) in [6, 6.07) is 0. The van der Waals surface area contributed by atoms with Gasteiger partial charge in [-0.05, 0) is 13.0 Å². The van der Waals surface area contributed by atoms with Crippen LogP contribution in [0.25, 0.3) is 0 Å². The number of nitrogens with one attached hydrogen (secondary N) is 2. The van der Waals surface area contributed by atoms with Gasteiger partial charge < -0.3 is 15.5 Å². The minimum absolute atomic E-state index is 0.743. The monoisotopic (exact) mass is 170 g/mol. The van der Waals surface area contributed by atoms with Crippen molar-refractivity contribution in [1.29, 1.82) is 0 Å². The van der Waals surface area contributed by atoms with Crippen LogP contribution in [0, 0.1) is 0 Å². The zero-order valence-electron chi connectivity index (χ0n) is 7.31. The molecule has 69 valence electrons. The standard InChI is InChI=1S/C8H16N3O/c12-8-10-2-1-5-11-6-3-9-4-7-11/h9H,1-7H2,(H,10,12). The van der Waals surface area contributed by atoms with E-state index in [-0.39, 0.29) is 0 Å². The molecule has 1 amide bonds. The summed E-state index contributed by atoms with van der Waals surface area (Å²) in [5.41, 5.74) is 0. The van der Waals surface area contributed by atoms with Crippen molar-refractivity contribution < 1.29 is 4.79 Å². The van der Waals surface area contributed by atoms with E-state index in [1.807, 2.05) is 0 Å². The van der Waals surface area contributed by atoms with E-state index in [2.05, 4.69) is 15.5 Å². The van der Waals surface area contributed by atoms with E-state index in [4.69, 9.17) is 0 Å². The first-order valence-electron chi connectivity index (χ1n) is 4.46. The maximum absolute atomic E-state index is 9.80. The molecule has 0 saturated carbocycles. The first kappa shape index (κ1) is 9.48. The van der Waals surface area contributed by atoms with Crippen LogP contribution >= 0.6 is 0 Å². The Bertz CT molecular complexity index is 123. The summed E-state index contributed by atoms with van der Waals surface area (Å²) < 4.78 is 0. The van der Waals surface area contributed by atoms with E-state index in [0.29, 0.717) is 0 Å². The molecule has 1 radical (unpaired) electrons. The third-order valence-corrected chi connectivity index (χ3v) is 2.06. The van der Waals surface area contributed by atoms with Crippen LogP contribution < -0.4 is 10.6 Å². The van der Waals surface area contributed by atoms with Gasteiger partial charge in [-0.25, -0.2) is 0 Å². The van der Waals surface area contributed by atoms with Crippen molar-refractivity contribution in [2.24, 2.45) is 0 Å². The summed E-state index contributed by atoms with van der Waals surface area (Å²) in [4.78, 5) is 12.2. The highest BCUT2D eigenvalue weighted by molar-refractivity contribution is 5.46. The molecule has 0 aromatic rings. The Labute approximate surface area is 73.3 Å². The molecule has 0 atom stereocenters. The molecule has 1 aliphatic heterocycles. The molecular weight excluding hydrogens is 154 g/mol. The van der Waals surface area contributed by atoms with E-state index in [1.54, 1.807) is 6.41 Å². The average Bonchev–Trinajstić information content (AvgIpc) is 2.14. The molecule has 4 nitrogen and oxygen atoms in total. The fraction of sp³-hybridized carbons (Fsp3) is 0.875. The third-order valence-electron chi connectivity index (χ3n) is 2.06. The minimum Gasteiger partial charge on any atom is -0.348 e. The van der Waals surface area contributed by atoms with Crippen molar-refractivity contribution in [2.75, 3.05) is 39.3 Å². The van der Waals surface area contributed by atoms with Crippen LogP contribution in [0.4, 0.5) is 0 Å². The lowest BCUT2D eigenvalue weighted by molar-refractivity contribution is 0.239. The van der Waals surface area contributed by atoms with E-state index in [9.17, 15) is 4.79 Å². The van der Waals surface area contributed by atoms with Gasteiger partial charge in [0.05, 0.1) is 0 Å². The fourth-order valence-corrected chi connectivity index (χ4v) is 1.38. The normalized spacial score (nSPS) is 19.0. The lowest BCUT2D eigenvalue weighted by atomic mass is 10.3. The van der Waals surface area contributed by atoms with E-state index in [0.717, 1.165) is 45.7 Å². The van der Waals surface area contributed by atoms with Crippen molar-refractivity contribution in [1.82, 2.24) is 15.5 Å². The summed E-state index contributed by atoms with van der Waals surface area (Å²) in [5, 5.41) is 5.84. The molecule has 4 heteroatoms. The van der Waals surface area contributed by atoms with Crippen LogP contribution in [0.5, 0.6) is 0 Å². The van der Waals surface area contributed by atoms with E-state index in [1.165, 1.54) is 0 Å². The van der Waals surface area contributed by atoms with Gasteiger partial charge in [0.2, 0.25) is 0 Å². The van der Waals surface area contributed by atoms with Crippen molar-refractivity contribution >= 4 is 6.41 Å². The molecule has 12 heavy (non-hydrogen) atoms. The van der Waals surface area contributed by atoms with Crippen molar-refractivity contribution in [3.05, 3.63) is 0 Å². The zero-order chi connectivity index (χ0) is 8.65. The maximum Gasteiger partial charge on any atom is 0.309 e. The Hall–Kier alpha value is -0.610. The Morgan fingerprint density at radius 2 is 2.17 bits per heavy atom. The van der Waals surface area contributed by atoms with Gasteiger partial charge in [-0.15, -0.1) is 0 Å². The van der Waals surface area contributed by atoms with Gasteiger partial charge in [0.15, 0.2) is 0 Å². The molecule has 0 unspecified atom stereocenters. The Balaban J connectivity index is 1.94. The lowest BCUT2D eigenvalue weighted by Crippen LogP contribution is -2.44. The topological polar surface area (TPSA) is 44.4 Å². The molecule has 0 aliphatic carbocycles. The lowest BCUT2D eigenvalue weighted by Gasteiger charge is -2.26. The van der Waals surface area contributed by atoms with Gasteiger partial charge in [-0.3, -0.25) is 4.79 Å². The van der Waals surface area contributed by atoms with E-state index >= 15 is 0 Å². The highest BCUT2D eigenvalue weighted by Crippen LogP contribution is 1.92. The number of piperazine rings is 1. The average molecular weight is 170 g/mol. The van der Waals surface area contributed by atoms with Crippen LogP contribution in [-0.4, -0.2) is 50.6 Å². The van der Waals surface area contributed by atoms with Crippen LogP contribution in [-0.2, 0) is 4.79 Å². The number of hydrogen-bond acceptors (Lipinski definition) is 3. The van der Waals surface area contributed by atoms with Gasteiger partial charge >= 0.3 is 6.41 Å². The van der Waals surface area contributed by atoms with Crippen LogP contribution in [0.15, 0.2) is 0 Å². The summed E-state index contributed by atoms with van der Waals surface area (Å²) >= 11 is 0. The highest BCUT2D eigenvalue weighted by Gasteiger charge is 2.07. The molecule has 1 rings (SSSR count). The summed E-state index contributed by atoms with van der Waals surface area (Å²) in [6.45, 7) is 6.26. The Kier molecular flexibility index (Phi) is 4.71. The minimum atomic E-state index is 0.743. The first-order chi connectivity index (χ1) is 5.93. The molecule has 2 N–H and O–H groups in total. The summed E-state index contributed by atoms with van der Waals surface area (Å²) in [7, 11) is 0. The number of nitrogens with zero attached hydrogens (tertiary/aromatic N) is 1. The largest absolute Gasteiger partial charge is 0.348 e. The third kappa shape index (κ3) is 3.69. The van der Waals surface area contributed by atoms with Gasteiger partial charge in [0.1, 0.15) is 0 Å². The summed E-state index contributed by atoms with van der Waals surface area (Å²) in [6.07, 6.45) is 2.70. The molecule has 0 bridgehead atoms. The number of amides is 1. The van der Waals surface area contributed by atoms with Gasteiger partial charge in [0.25, 0.3) is 0 Å². The van der Waals surface area contributed by atoms with E-state index < -0.39 is 0 Å². The molecular formula is C8H16N3O. The fourth-order valence-electron chi connectivity index (χ4n) is 1.38. The van der Waals surface area contributed by atoms with Crippen LogP contribution in [0.1, 0.15) is 6.42 Å². The second-order valence-corrected chi connectivity index (χ2v) is 2.97. The van der Waals surface area contributed by atoms with Crippen molar-refractivity contribution in [3.63, 3.8) is 0 Å². The highest BCUT2D eigenvalue weighted by atomic mass is 16.1. The van der Waals surface area contributed by atoms with Gasteiger partial charge in [-0.1, -0.05) is 0 Å². The second kappa shape index (κ2) is 5.97. The zero-order valence-corrected chi connectivity index (χ0v) is 7.31. The molecule has 0 aromatic heterocycles. The Morgan fingerprint density at radius 3 is 2.83 bits per heavy atom. The van der Waals surface area contributed by atoms with Crippen molar-refractivity contribution in [3.8, 4) is 0 Å². The molecule has 1 aliphatic rings. The quantitative estimate of drug-likeness (QED) is 0.408. The summed E-state index contributed by atoms with van der Waals surface area (Å²) in [5.74, 6) is 0. The Morgan fingerprint density at radius 1 is 1.42 bits per heavy atom. The molecule has 1 saturated heterocycles. The molecule has 0 aromatic carbocycles. The number of carbonyl (C=O) groups excluding carboxylic acids is 1. The second-order valence-electron chi connectivity index (χ2n) is 2.97. The molecule has 0 spiro atoms. The maximum atomic E-state index is 9.80. The molecule has 1 fully saturated rings. The van der Waals surface area contributed by atoms with Gasteiger partial charge in [-0.2, -0.15) is 0 Å². The first-order valence-corrected chi connectivity index (χ1v) is 4.46.